The molecule has 106 valence electrons. The maximum atomic E-state index is 5.98. The van der Waals surface area contributed by atoms with Crippen molar-refractivity contribution >= 4 is 17.3 Å². The lowest BCUT2D eigenvalue weighted by atomic mass is 10.1. The average Bonchev–Trinajstić information content (AvgIpc) is 2.48. The van der Waals surface area contributed by atoms with Gasteiger partial charge >= 0.3 is 0 Å². The second-order valence-corrected chi connectivity index (χ2v) is 4.54. The Hall–Kier alpha value is -2.30. The van der Waals surface area contributed by atoms with Gasteiger partial charge in [0.2, 0.25) is 0 Å². The van der Waals surface area contributed by atoms with Gasteiger partial charge in [0.15, 0.2) is 0 Å². The lowest BCUT2D eigenvalue weighted by Crippen LogP contribution is -2.16. The summed E-state index contributed by atoms with van der Waals surface area (Å²) in [7, 11) is 3.62. The Labute approximate surface area is 119 Å². The molecule has 20 heavy (non-hydrogen) atoms. The molecule has 1 heterocycles. The molecule has 2 rings (SSSR count). The smallest absolute Gasteiger partial charge is 0.142 e. The van der Waals surface area contributed by atoms with Gasteiger partial charge in [0, 0.05) is 12.6 Å². The van der Waals surface area contributed by atoms with Gasteiger partial charge in [0.1, 0.15) is 23.7 Å². The average molecular weight is 272 g/mol. The molecular weight excluding hydrogens is 252 g/mol. The second-order valence-electron chi connectivity index (χ2n) is 4.54. The number of anilines is 3. The van der Waals surface area contributed by atoms with E-state index < -0.39 is 0 Å². The minimum Gasteiger partial charge on any atom is -0.495 e. The Morgan fingerprint density at radius 1 is 1.25 bits per heavy atom. The standard InChI is InChI=1S/C15H20N4O/c1-4-7-11-14(16)17-10-18-15(11)19(2)12-8-5-6-9-13(12)20-3/h5-6,8-10H,4,7H2,1-3H3,(H2,16,17,18). The topological polar surface area (TPSA) is 64.3 Å². The van der Waals surface area contributed by atoms with Crippen molar-refractivity contribution in [3.8, 4) is 5.75 Å². The van der Waals surface area contributed by atoms with Crippen LogP contribution in [0.15, 0.2) is 30.6 Å². The van der Waals surface area contributed by atoms with Crippen LogP contribution in [0.3, 0.4) is 0 Å². The van der Waals surface area contributed by atoms with Crippen molar-refractivity contribution in [3.63, 3.8) is 0 Å². The normalized spacial score (nSPS) is 10.3. The molecule has 0 saturated carbocycles. The van der Waals surface area contributed by atoms with Crippen molar-refractivity contribution < 1.29 is 4.74 Å². The molecule has 0 spiro atoms. The van der Waals surface area contributed by atoms with E-state index in [4.69, 9.17) is 10.5 Å². The first-order valence-electron chi connectivity index (χ1n) is 6.65. The highest BCUT2D eigenvalue weighted by atomic mass is 16.5. The lowest BCUT2D eigenvalue weighted by molar-refractivity contribution is 0.415. The van der Waals surface area contributed by atoms with Gasteiger partial charge < -0.3 is 15.4 Å². The fourth-order valence-electron chi connectivity index (χ4n) is 2.22. The molecule has 0 aliphatic carbocycles. The van der Waals surface area contributed by atoms with E-state index in [0.29, 0.717) is 5.82 Å². The SMILES string of the molecule is CCCc1c(N)ncnc1N(C)c1ccccc1OC. The van der Waals surface area contributed by atoms with E-state index in [1.807, 2.05) is 36.2 Å². The number of rotatable bonds is 5. The van der Waals surface area contributed by atoms with Gasteiger partial charge in [0.05, 0.1) is 12.8 Å². The molecular formula is C15H20N4O. The molecule has 0 atom stereocenters. The van der Waals surface area contributed by atoms with Crippen molar-refractivity contribution in [2.75, 3.05) is 24.8 Å². The Morgan fingerprint density at radius 3 is 2.70 bits per heavy atom. The zero-order chi connectivity index (χ0) is 14.5. The number of aromatic nitrogens is 2. The minimum absolute atomic E-state index is 0.540. The van der Waals surface area contributed by atoms with Crippen LogP contribution >= 0.6 is 0 Å². The summed E-state index contributed by atoms with van der Waals surface area (Å²) >= 11 is 0. The predicted octanol–water partition coefficient (Wildman–Crippen LogP) is 2.79. The number of benzene rings is 1. The van der Waals surface area contributed by atoms with Crippen LogP contribution in [0.4, 0.5) is 17.3 Å². The summed E-state index contributed by atoms with van der Waals surface area (Å²) in [5, 5.41) is 0. The Bertz CT molecular complexity index is 586. The van der Waals surface area contributed by atoms with E-state index in [1.165, 1.54) is 6.33 Å². The first kappa shape index (κ1) is 14.1. The molecule has 1 aromatic carbocycles. The number of ether oxygens (including phenoxy) is 1. The summed E-state index contributed by atoms with van der Waals surface area (Å²) in [5.74, 6) is 2.16. The largest absolute Gasteiger partial charge is 0.495 e. The Kier molecular flexibility index (Phi) is 4.40. The summed E-state index contributed by atoms with van der Waals surface area (Å²) in [5.41, 5.74) is 7.91. The van der Waals surface area contributed by atoms with E-state index in [2.05, 4.69) is 16.9 Å². The number of nitrogen functional groups attached to an aromatic ring is 1. The van der Waals surface area contributed by atoms with Crippen molar-refractivity contribution in [2.24, 2.45) is 0 Å². The minimum atomic E-state index is 0.540. The molecule has 0 fully saturated rings. The number of hydrogen-bond donors (Lipinski definition) is 1. The van der Waals surface area contributed by atoms with Crippen LogP contribution in [0.2, 0.25) is 0 Å². The van der Waals surface area contributed by atoms with E-state index in [-0.39, 0.29) is 0 Å². The first-order chi connectivity index (χ1) is 9.69. The summed E-state index contributed by atoms with van der Waals surface area (Å²) in [6.45, 7) is 2.11. The molecule has 0 amide bonds. The summed E-state index contributed by atoms with van der Waals surface area (Å²) in [6, 6.07) is 7.83. The van der Waals surface area contributed by atoms with Crippen LogP contribution in [0.5, 0.6) is 5.75 Å². The van der Waals surface area contributed by atoms with E-state index in [9.17, 15) is 0 Å². The highest BCUT2D eigenvalue weighted by Crippen LogP contribution is 2.34. The van der Waals surface area contributed by atoms with Crippen molar-refractivity contribution in [2.45, 2.75) is 19.8 Å². The van der Waals surface area contributed by atoms with E-state index in [1.54, 1.807) is 7.11 Å². The van der Waals surface area contributed by atoms with Crippen LogP contribution in [-0.4, -0.2) is 24.1 Å². The van der Waals surface area contributed by atoms with Crippen LogP contribution in [-0.2, 0) is 6.42 Å². The molecule has 1 aromatic heterocycles. The lowest BCUT2D eigenvalue weighted by Gasteiger charge is -2.23. The first-order valence-corrected chi connectivity index (χ1v) is 6.65. The number of hydrogen-bond acceptors (Lipinski definition) is 5. The molecule has 0 saturated heterocycles. The molecule has 5 nitrogen and oxygen atoms in total. The van der Waals surface area contributed by atoms with Crippen LogP contribution < -0.4 is 15.4 Å². The van der Waals surface area contributed by atoms with Gasteiger partial charge in [0.25, 0.3) is 0 Å². The number of nitrogens with two attached hydrogens (primary N) is 1. The summed E-state index contributed by atoms with van der Waals surface area (Å²) in [6.07, 6.45) is 3.33. The van der Waals surface area contributed by atoms with Crippen molar-refractivity contribution in [1.29, 1.82) is 0 Å². The second kappa shape index (κ2) is 6.23. The molecule has 0 radical (unpaired) electrons. The molecule has 5 heteroatoms. The fraction of sp³-hybridized carbons (Fsp3) is 0.333. The van der Waals surface area contributed by atoms with Crippen molar-refractivity contribution in [3.05, 3.63) is 36.2 Å². The Balaban J connectivity index is 2.48. The summed E-state index contributed by atoms with van der Waals surface area (Å²) < 4.78 is 5.40. The number of nitrogens with zero attached hydrogens (tertiary/aromatic N) is 3. The maximum absolute atomic E-state index is 5.98. The summed E-state index contributed by atoms with van der Waals surface area (Å²) in [4.78, 5) is 10.5. The number of methoxy groups -OCH3 is 1. The molecule has 2 aromatic rings. The van der Waals surface area contributed by atoms with Gasteiger partial charge in [-0.2, -0.15) is 0 Å². The van der Waals surface area contributed by atoms with Gasteiger partial charge in [-0.3, -0.25) is 0 Å². The maximum Gasteiger partial charge on any atom is 0.142 e. The van der Waals surface area contributed by atoms with E-state index in [0.717, 1.165) is 35.7 Å². The van der Waals surface area contributed by atoms with Gasteiger partial charge in [-0.15, -0.1) is 0 Å². The zero-order valence-corrected chi connectivity index (χ0v) is 12.1. The highest BCUT2D eigenvalue weighted by Gasteiger charge is 2.16. The van der Waals surface area contributed by atoms with E-state index >= 15 is 0 Å². The van der Waals surface area contributed by atoms with Gasteiger partial charge in [-0.25, -0.2) is 9.97 Å². The van der Waals surface area contributed by atoms with Gasteiger partial charge in [-0.05, 0) is 18.6 Å². The Morgan fingerprint density at radius 2 is 2.00 bits per heavy atom. The third kappa shape index (κ3) is 2.66. The monoisotopic (exact) mass is 272 g/mol. The van der Waals surface area contributed by atoms with Crippen LogP contribution in [0.1, 0.15) is 18.9 Å². The molecule has 0 aliphatic heterocycles. The molecule has 2 N–H and O–H groups in total. The fourth-order valence-corrected chi connectivity index (χ4v) is 2.22. The molecule has 0 bridgehead atoms. The molecule has 0 unspecified atom stereocenters. The third-order valence-electron chi connectivity index (χ3n) is 3.22. The van der Waals surface area contributed by atoms with Gasteiger partial charge in [-0.1, -0.05) is 25.5 Å². The molecule has 0 aliphatic rings. The zero-order valence-electron chi connectivity index (χ0n) is 12.1. The third-order valence-corrected chi connectivity index (χ3v) is 3.22. The van der Waals surface area contributed by atoms with Crippen LogP contribution in [0.25, 0.3) is 0 Å². The quantitative estimate of drug-likeness (QED) is 0.906. The van der Waals surface area contributed by atoms with Crippen LogP contribution in [0, 0.1) is 0 Å². The number of para-hydroxylation sites is 2. The highest BCUT2D eigenvalue weighted by molar-refractivity contribution is 5.70. The van der Waals surface area contributed by atoms with Crippen molar-refractivity contribution in [1.82, 2.24) is 9.97 Å². The predicted molar refractivity (Wildman–Crippen MR) is 81.5 cm³/mol.